The summed E-state index contributed by atoms with van der Waals surface area (Å²) < 4.78 is 26.7. The average molecular weight is 255 g/mol. The minimum atomic E-state index is -0.406. The lowest BCUT2D eigenvalue weighted by atomic mass is 10.0. The van der Waals surface area contributed by atoms with Crippen LogP contribution in [0.15, 0.2) is 18.2 Å². The molecule has 0 radical (unpaired) electrons. The SMILES string of the molecule is CC(C)NCC1CC(c2cc(F)ccc2F)NN1. The van der Waals surface area contributed by atoms with Gasteiger partial charge in [-0.15, -0.1) is 0 Å². The molecule has 0 aromatic heterocycles. The van der Waals surface area contributed by atoms with Crippen LogP contribution in [0.5, 0.6) is 0 Å². The van der Waals surface area contributed by atoms with Gasteiger partial charge >= 0.3 is 0 Å². The lowest BCUT2D eigenvalue weighted by molar-refractivity contribution is 0.477. The summed E-state index contributed by atoms with van der Waals surface area (Å²) in [5, 5.41) is 3.32. The average Bonchev–Trinajstić information content (AvgIpc) is 2.78. The second-order valence-electron chi connectivity index (χ2n) is 5.00. The molecule has 2 rings (SSSR count). The van der Waals surface area contributed by atoms with Crippen molar-refractivity contribution in [3.8, 4) is 0 Å². The summed E-state index contributed by atoms with van der Waals surface area (Å²) in [6, 6.07) is 4.02. The van der Waals surface area contributed by atoms with E-state index in [1.165, 1.54) is 12.1 Å². The van der Waals surface area contributed by atoms with Crippen molar-refractivity contribution in [3.63, 3.8) is 0 Å². The monoisotopic (exact) mass is 255 g/mol. The van der Waals surface area contributed by atoms with Crippen LogP contribution in [0.4, 0.5) is 8.78 Å². The Morgan fingerprint density at radius 3 is 2.83 bits per heavy atom. The Hall–Kier alpha value is -1.04. The molecular weight excluding hydrogens is 236 g/mol. The normalized spacial score (nSPS) is 23.8. The molecule has 1 aliphatic rings. The molecule has 1 aromatic rings. The Bertz CT molecular complexity index is 409. The smallest absolute Gasteiger partial charge is 0.128 e. The van der Waals surface area contributed by atoms with E-state index < -0.39 is 5.82 Å². The molecule has 0 amide bonds. The Morgan fingerprint density at radius 2 is 2.11 bits per heavy atom. The van der Waals surface area contributed by atoms with Crippen LogP contribution < -0.4 is 16.2 Å². The molecule has 100 valence electrons. The minimum Gasteiger partial charge on any atom is -0.313 e. The molecule has 3 nitrogen and oxygen atoms in total. The lowest BCUT2D eigenvalue weighted by Crippen LogP contribution is -2.40. The highest BCUT2D eigenvalue weighted by atomic mass is 19.1. The molecule has 0 bridgehead atoms. The molecular formula is C13H19F2N3. The molecule has 0 aliphatic carbocycles. The standard InChI is InChI=1S/C13H19F2N3/c1-8(2)16-7-10-6-13(18-17-10)11-5-9(14)3-4-12(11)15/h3-5,8,10,13,16-18H,6-7H2,1-2H3. The van der Waals surface area contributed by atoms with E-state index in [0.717, 1.165) is 19.0 Å². The Labute approximate surface area is 106 Å². The molecule has 3 N–H and O–H groups in total. The van der Waals surface area contributed by atoms with E-state index in [0.29, 0.717) is 11.6 Å². The van der Waals surface area contributed by atoms with Crippen LogP contribution in [-0.4, -0.2) is 18.6 Å². The largest absolute Gasteiger partial charge is 0.313 e. The van der Waals surface area contributed by atoms with Crippen LogP contribution in [0.2, 0.25) is 0 Å². The summed E-state index contributed by atoms with van der Waals surface area (Å²) >= 11 is 0. The van der Waals surface area contributed by atoms with Crippen LogP contribution >= 0.6 is 0 Å². The van der Waals surface area contributed by atoms with Crippen molar-refractivity contribution < 1.29 is 8.78 Å². The summed E-state index contributed by atoms with van der Waals surface area (Å²) in [6.45, 7) is 4.95. The second-order valence-corrected chi connectivity index (χ2v) is 5.00. The summed E-state index contributed by atoms with van der Waals surface area (Å²) in [4.78, 5) is 0. The maximum atomic E-state index is 13.6. The van der Waals surface area contributed by atoms with Gasteiger partial charge in [0.05, 0.1) is 6.04 Å². The first-order valence-electron chi connectivity index (χ1n) is 6.25. The van der Waals surface area contributed by atoms with Gasteiger partial charge in [0.1, 0.15) is 11.6 Å². The van der Waals surface area contributed by atoms with Gasteiger partial charge in [0.15, 0.2) is 0 Å². The van der Waals surface area contributed by atoms with E-state index in [9.17, 15) is 8.78 Å². The van der Waals surface area contributed by atoms with Gasteiger partial charge in [-0.25, -0.2) is 14.2 Å². The number of hydrogen-bond acceptors (Lipinski definition) is 3. The highest BCUT2D eigenvalue weighted by Gasteiger charge is 2.27. The predicted octanol–water partition coefficient (Wildman–Crippen LogP) is 1.87. The van der Waals surface area contributed by atoms with E-state index in [2.05, 4.69) is 30.0 Å². The summed E-state index contributed by atoms with van der Waals surface area (Å²) in [5.41, 5.74) is 6.51. The Kier molecular flexibility index (Phi) is 4.27. The van der Waals surface area contributed by atoms with Crippen molar-refractivity contribution in [2.75, 3.05) is 6.54 Å². The van der Waals surface area contributed by atoms with Crippen molar-refractivity contribution in [1.82, 2.24) is 16.2 Å². The van der Waals surface area contributed by atoms with Crippen LogP contribution in [0.3, 0.4) is 0 Å². The number of benzene rings is 1. The molecule has 1 aliphatic heterocycles. The van der Waals surface area contributed by atoms with Crippen molar-refractivity contribution in [1.29, 1.82) is 0 Å². The highest BCUT2D eigenvalue weighted by molar-refractivity contribution is 5.23. The minimum absolute atomic E-state index is 0.181. The fraction of sp³-hybridized carbons (Fsp3) is 0.538. The first kappa shape index (κ1) is 13.4. The summed E-state index contributed by atoms with van der Waals surface area (Å²) in [5.74, 6) is -0.773. The number of hydrazine groups is 1. The van der Waals surface area contributed by atoms with E-state index in [4.69, 9.17) is 0 Å². The van der Waals surface area contributed by atoms with E-state index in [1.54, 1.807) is 0 Å². The second kappa shape index (κ2) is 5.73. The zero-order chi connectivity index (χ0) is 13.1. The van der Waals surface area contributed by atoms with Crippen molar-refractivity contribution in [2.24, 2.45) is 0 Å². The van der Waals surface area contributed by atoms with Gasteiger partial charge in [-0.2, -0.15) is 0 Å². The van der Waals surface area contributed by atoms with Gasteiger partial charge in [0, 0.05) is 24.2 Å². The summed E-state index contributed by atoms with van der Waals surface area (Å²) in [6.07, 6.45) is 0.736. The number of hydrogen-bond donors (Lipinski definition) is 3. The first-order valence-corrected chi connectivity index (χ1v) is 6.25. The highest BCUT2D eigenvalue weighted by Crippen LogP contribution is 2.25. The zero-order valence-corrected chi connectivity index (χ0v) is 10.6. The molecule has 1 fully saturated rings. The molecule has 0 saturated carbocycles. The Morgan fingerprint density at radius 1 is 1.33 bits per heavy atom. The van der Waals surface area contributed by atoms with E-state index >= 15 is 0 Å². The van der Waals surface area contributed by atoms with Crippen molar-refractivity contribution in [2.45, 2.75) is 38.4 Å². The fourth-order valence-corrected chi connectivity index (χ4v) is 2.12. The van der Waals surface area contributed by atoms with Crippen LogP contribution in [0.1, 0.15) is 31.9 Å². The molecule has 2 unspecified atom stereocenters. The van der Waals surface area contributed by atoms with E-state index in [1.807, 2.05) is 0 Å². The number of rotatable bonds is 4. The topological polar surface area (TPSA) is 36.1 Å². The maximum absolute atomic E-state index is 13.6. The van der Waals surface area contributed by atoms with Gasteiger partial charge in [0.25, 0.3) is 0 Å². The van der Waals surface area contributed by atoms with Gasteiger partial charge in [-0.05, 0) is 24.6 Å². The van der Waals surface area contributed by atoms with Crippen LogP contribution in [-0.2, 0) is 0 Å². The zero-order valence-electron chi connectivity index (χ0n) is 10.6. The first-order chi connectivity index (χ1) is 8.56. The third-order valence-corrected chi connectivity index (χ3v) is 3.09. The van der Waals surface area contributed by atoms with Crippen molar-refractivity contribution in [3.05, 3.63) is 35.4 Å². The van der Waals surface area contributed by atoms with Gasteiger partial charge in [-0.3, -0.25) is 5.43 Å². The molecule has 1 saturated heterocycles. The molecule has 1 aromatic carbocycles. The van der Waals surface area contributed by atoms with E-state index in [-0.39, 0.29) is 17.9 Å². The molecule has 5 heteroatoms. The fourth-order valence-electron chi connectivity index (χ4n) is 2.12. The predicted molar refractivity (Wildman–Crippen MR) is 66.9 cm³/mol. The number of nitrogens with one attached hydrogen (secondary N) is 3. The van der Waals surface area contributed by atoms with Crippen LogP contribution in [0, 0.1) is 11.6 Å². The third-order valence-electron chi connectivity index (χ3n) is 3.09. The third kappa shape index (κ3) is 3.25. The molecule has 1 heterocycles. The quantitative estimate of drug-likeness (QED) is 0.768. The van der Waals surface area contributed by atoms with Gasteiger partial charge in [0.2, 0.25) is 0 Å². The molecule has 18 heavy (non-hydrogen) atoms. The molecule has 0 spiro atoms. The maximum Gasteiger partial charge on any atom is 0.128 e. The Balaban J connectivity index is 1.97. The van der Waals surface area contributed by atoms with Gasteiger partial charge in [-0.1, -0.05) is 13.8 Å². The lowest BCUT2D eigenvalue weighted by Gasteiger charge is -2.13. The van der Waals surface area contributed by atoms with Crippen molar-refractivity contribution >= 4 is 0 Å². The number of halogens is 2. The summed E-state index contributed by atoms with van der Waals surface area (Å²) in [7, 11) is 0. The molecule has 2 atom stereocenters. The van der Waals surface area contributed by atoms with Crippen LogP contribution in [0.25, 0.3) is 0 Å². The van der Waals surface area contributed by atoms with Gasteiger partial charge < -0.3 is 5.32 Å².